The molecule has 2 heterocycles. The van der Waals surface area contributed by atoms with Gasteiger partial charge >= 0.3 is 0 Å². The van der Waals surface area contributed by atoms with Crippen LogP contribution in [0.15, 0.2) is 18.2 Å². The highest BCUT2D eigenvalue weighted by Crippen LogP contribution is 2.16. The highest BCUT2D eigenvalue weighted by Gasteiger charge is 2.31. The molecule has 1 aliphatic heterocycles. The number of rotatable bonds is 3. The van der Waals surface area contributed by atoms with Gasteiger partial charge in [-0.3, -0.25) is 14.5 Å². The maximum Gasteiger partial charge on any atom is 0.251 e. The first-order chi connectivity index (χ1) is 8.99. The summed E-state index contributed by atoms with van der Waals surface area (Å²) in [5.74, 6) is 0.109. The van der Waals surface area contributed by atoms with Gasteiger partial charge < -0.3 is 11.1 Å². The first-order valence-electron chi connectivity index (χ1n) is 5.83. The van der Waals surface area contributed by atoms with Crippen molar-refractivity contribution in [3.63, 3.8) is 0 Å². The van der Waals surface area contributed by atoms with Crippen molar-refractivity contribution in [1.29, 1.82) is 0 Å². The van der Waals surface area contributed by atoms with Crippen molar-refractivity contribution in [3.8, 4) is 0 Å². The van der Waals surface area contributed by atoms with Crippen LogP contribution in [-0.2, 0) is 9.59 Å². The number of nitrogens with one attached hydrogen (secondary N) is 1. The molecule has 1 fully saturated rings. The van der Waals surface area contributed by atoms with E-state index >= 15 is 0 Å². The number of aromatic nitrogens is 1. The summed E-state index contributed by atoms with van der Waals surface area (Å²) in [5, 5.41) is 3.01. The molecule has 3 N–H and O–H groups in total. The molecule has 1 saturated heterocycles. The smallest absolute Gasteiger partial charge is 0.251 e. The van der Waals surface area contributed by atoms with Crippen molar-refractivity contribution >= 4 is 34.8 Å². The molecule has 1 atom stereocenters. The Morgan fingerprint density at radius 3 is 2.95 bits per heavy atom. The largest absolute Gasteiger partial charge is 0.388 e. The minimum atomic E-state index is -0.447. The Bertz CT molecular complexity index is 546. The summed E-state index contributed by atoms with van der Waals surface area (Å²) in [6, 6.07) is 4.74. The summed E-state index contributed by atoms with van der Waals surface area (Å²) in [6.45, 7) is 0. The number of carbonyl (C=O) groups excluding carboxylic acids is 2. The molecule has 0 saturated carbocycles. The quantitative estimate of drug-likeness (QED) is 0.609. The molecule has 0 aromatic carbocycles. The molecule has 100 valence electrons. The number of carbonyl (C=O) groups is 2. The summed E-state index contributed by atoms with van der Waals surface area (Å²) < 4.78 is 0. The molecule has 2 amide bonds. The van der Waals surface area contributed by atoms with Crippen LogP contribution < -0.4 is 11.1 Å². The van der Waals surface area contributed by atoms with Gasteiger partial charge in [0.1, 0.15) is 16.8 Å². The molecule has 1 aromatic rings. The Morgan fingerprint density at radius 1 is 1.53 bits per heavy atom. The zero-order valence-corrected chi connectivity index (χ0v) is 11.2. The van der Waals surface area contributed by atoms with Crippen molar-refractivity contribution in [3.05, 3.63) is 23.9 Å². The van der Waals surface area contributed by atoms with E-state index in [0.29, 0.717) is 24.4 Å². The number of hydrogen-bond donors (Lipinski definition) is 2. The zero-order valence-electron chi connectivity index (χ0n) is 10.4. The first kappa shape index (κ1) is 13.4. The standard InChI is InChI=1S/C12H14N4O2S/c1-16-10(17)6-5-8(12(16)18)15-9-4-2-3-7(14-9)11(13)19/h2-4,8H,5-6H2,1H3,(H2,13,19)(H,14,15). The number of anilines is 1. The number of nitrogens with two attached hydrogens (primary N) is 1. The van der Waals surface area contributed by atoms with Crippen LogP contribution in [0.25, 0.3) is 0 Å². The van der Waals surface area contributed by atoms with Gasteiger partial charge in [-0.2, -0.15) is 0 Å². The van der Waals surface area contributed by atoms with Gasteiger partial charge in [0.05, 0.1) is 5.69 Å². The highest BCUT2D eigenvalue weighted by molar-refractivity contribution is 7.80. The van der Waals surface area contributed by atoms with Crippen LogP contribution in [0.4, 0.5) is 5.82 Å². The van der Waals surface area contributed by atoms with Crippen molar-refractivity contribution in [2.45, 2.75) is 18.9 Å². The zero-order chi connectivity index (χ0) is 14.0. The fourth-order valence-corrected chi connectivity index (χ4v) is 1.99. The van der Waals surface area contributed by atoms with Gasteiger partial charge in [-0.1, -0.05) is 18.3 Å². The number of imide groups is 1. The normalized spacial score (nSPS) is 19.4. The third-order valence-corrected chi connectivity index (χ3v) is 3.18. The van der Waals surface area contributed by atoms with E-state index in [-0.39, 0.29) is 16.8 Å². The van der Waals surface area contributed by atoms with Gasteiger partial charge in [0.25, 0.3) is 5.91 Å². The number of likely N-dealkylation sites (N-methyl/N-ethyl adjacent to an activating group) is 1. The summed E-state index contributed by atoms with van der Waals surface area (Å²) in [5.41, 5.74) is 6.00. The fourth-order valence-electron chi connectivity index (χ4n) is 1.88. The van der Waals surface area contributed by atoms with E-state index < -0.39 is 6.04 Å². The van der Waals surface area contributed by atoms with E-state index in [1.54, 1.807) is 18.2 Å². The average Bonchev–Trinajstić information content (AvgIpc) is 2.40. The van der Waals surface area contributed by atoms with Crippen molar-refractivity contribution in [2.75, 3.05) is 12.4 Å². The minimum Gasteiger partial charge on any atom is -0.388 e. The second-order valence-electron chi connectivity index (χ2n) is 4.30. The van der Waals surface area contributed by atoms with E-state index in [1.165, 1.54) is 7.05 Å². The number of likely N-dealkylation sites (tertiary alicyclic amines) is 1. The maximum absolute atomic E-state index is 11.9. The maximum atomic E-state index is 11.9. The highest BCUT2D eigenvalue weighted by atomic mass is 32.1. The van der Waals surface area contributed by atoms with Crippen LogP contribution in [0.3, 0.4) is 0 Å². The van der Waals surface area contributed by atoms with Crippen molar-refractivity contribution in [2.24, 2.45) is 5.73 Å². The number of pyridine rings is 1. The summed E-state index contributed by atoms with van der Waals surface area (Å²) >= 11 is 4.85. The Kier molecular flexibility index (Phi) is 3.75. The van der Waals surface area contributed by atoms with Gasteiger partial charge in [0.2, 0.25) is 5.91 Å². The summed E-state index contributed by atoms with van der Waals surface area (Å²) in [7, 11) is 1.48. The van der Waals surface area contributed by atoms with E-state index in [2.05, 4.69) is 10.3 Å². The molecule has 1 aliphatic rings. The van der Waals surface area contributed by atoms with E-state index in [4.69, 9.17) is 18.0 Å². The third kappa shape index (κ3) is 2.87. The van der Waals surface area contributed by atoms with Gasteiger partial charge in [-0.25, -0.2) is 4.98 Å². The summed E-state index contributed by atoms with van der Waals surface area (Å²) in [4.78, 5) is 28.8. The number of piperidine rings is 1. The Morgan fingerprint density at radius 2 is 2.26 bits per heavy atom. The lowest BCUT2D eigenvalue weighted by atomic mass is 10.0. The Balaban J connectivity index is 2.13. The van der Waals surface area contributed by atoms with Crippen molar-refractivity contribution in [1.82, 2.24) is 9.88 Å². The monoisotopic (exact) mass is 278 g/mol. The van der Waals surface area contributed by atoms with Gasteiger partial charge in [0.15, 0.2) is 0 Å². The first-order valence-corrected chi connectivity index (χ1v) is 6.23. The predicted octanol–water partition coefficient (Wildman–Crippen LogP) is 0.275. The van der Waals surface area contributed by atoms with E-state index in [1.807, 2.05) is 0 Å². The van der Waals surface area contributed by atoms with Gasteiger partial charge in [-0.15, -0.1) is 0 Å². The lowest BCUT2D eigenvalue weighted by Gasteiger charge is -2.28. The lowest BCUT2D eigenvalue weighted by Crippen LogP contribution is -2.48. The molecule has 1 unspecified atom stereocenters. The molecule has 0 aliphatic carbocycles. The number of hydrogen-bond acceptors (Lipinski definition) is 5. The molecule has 0 bridgehead atoms. The summed E-state index contributed by atoms with van der Waals surface area (Å²) in [6.07, 6.45) is 0.801. The molecule has 0 radical (unpaired) electrons. The van der Waals surface area contributed by atoms with Crippen LogP contribution in [0.1, 0.15) is 18.5 Å². The Hall–Kier alpha value is -2.02. The molecule has 7 heteroatoms. The topological polar surface area (TPSA) is 88.3 Å². The molecule has 1 aromatic heterocycles. The average molecular weight is 278 g/mol. The molecule has 19 heavy (non-hydrogen) atoms. The predicted molar refractivity (Wildman–Crippen MR) is 74.5 cm³/mol. The molecular weight excluding hydrogens is 264 g/mol. The molecule has 2 rings (SSSR count). The second kappa shape index (κ2) is 5.31. The molecule has 6 nitrogen and oxygen atoms in total. The van der Waals surface area contributed by atoms with Crippen LogP contribution in [0, 0.1) is 0 Å². The Labute approximate surface area is 116 Å². The van der Waals surface area contributed by atoms with Gasteiger partial charge in [-0.05, 0) is 18.6 Å². The second-order valence-corrected chi connectivity index (χ2v) is 4.74. The molecule has 0 spiro atoms. The number of amides is 2. The van der Waals surface area contributed by atoms with E-state index in [0.717, 1.165) is 4.90 Å². The van der Waals surface area contributed by atoms with Crippen LogP contribution in [-0.4, -0.2) is 39.8 Å². The van der Waals surface area contributed by atoms with Crippen molar-refractivity contribution < 1.29 is 9.59 Å². The van der Waals surface area contributed by atoms with Gasteiger partial charge in [0, 0.05) is 13.5 Å². The van der Waals surface area contributed by atoms with Crippen LogP contribution >= 0.6 is 12.2 Å². The third-order valence-electron chi connectivity index (χ3n) is 2.97. The lowest BCUT2D eigenvalue weighted by molar-refractivity contribution is -0.146. The van der Waals surface area contributed by atoms with E-state index in [9.17, 15) is 9.59 Å². The van der Waals surface area contributed by atoms with Crippen LogP contribution in [0.2, 0.25) is 0 Å². The number of nitrogens with zero attached hydrogens (tertiary/aromatic N) is 2. The molecular formula is C12H14N4O2S. The SMILES string of the molecule is CN1C(=O)CCC(Nc2cccc(C(N)=S)n2)C1=O. The fraction of sp³-hybridized carbons (Fsp3) is 0.333. The number of thiocarbonyl (C=S) groups is 1. The van der Waals surface area contributed by atoms with Crippen LogP contribution in [0.5, 0.6) is 0 Å². The minimum absolute atomic E-state index is 0.159.